The average molecular weight is 344 g/mol. The number of hydrogen-bond acceptors (Lipinski definition) is 4. The zero-order valence-corrected chi connectivity index (χ0v) is 14.3. The topological polar surface area (TPSA) is 83.6 Å². The van der Waals surface area contributed by atoms with E-state index in [9.17, 15) is 18.0 Å². The summed E-state index contributed by atoms with van der Waals surface area (Å²) in [5.41, 5.74) is 1.80. The smallest absolute Gasteiger partial charge is 0.263 e. The number of amides is 2. The molecule has 24 heavy (non-hydrogen) atoms. The van der Waals surface area contributed by atoms with E-state index in [4.69, 9.17) is 0 Å². The number of nitrogens with zero attached hydrogens (tertiary/aromatic N) is 1. The minimum Gasteiger partial charge on any atom is -0.279 e. The number of sulfonamides is 1. The van der Waals surface area contributed by atoms with Gasteiger partial charge in [0.2, 0.25) is 0 Å². The van der Waals surface area contributed by atoms with Crippen molar-refractivity contribution in [1.29, 1.82) is 0 Å². The molecule has 7 heteroatoms. The molecular weight excluding hydrogens is 328 g/mol. The van der Waals surface area contributed by atoms with E-state index in [-0.39, 0.29) is 21.7 Å². The molecule has 6 nitrogen and oxygen atoms in total. The zero-order valence-electron chi connectivity index (χ0n) is 13.5. The Bertz CT molecular complexity index is 980. The van der Waals surface area contributed by atoms with Crippen molar-refractivity contribution in [3.05, 3.63) is 58.7 Å². The summed E-state index contributed by atoms with van der Waals surface area (Å²) in [5, 5.41) is 0. The van der Waals surface area contributed by atoms with Crippen LogP contribution in [0.3, 0.4) is 0 Å². The minimum atomic E-state index is -3.88. The monoisotopic (exact) mass is 344 g/mol. The van der Waals surface area contributed by atoms with Gasteiger partial charge in [-0.3, -0.25) is 19.2 Å². The standard InChI is InChI=1S/C17H16N2O4S/c1-10-7-8-11(2)14(9-10)24(22,23)18-13-6-4-5-12-15(13)17(21)19(3)16(12)20/h4-9,18H,1-3H3. The number of hydrogen-bond donors (Lipinski definition) is 1. The molecule has 1 heterocycles. The van der Waals surface area contributed by atoms with Crippen LogP contribution >= 0.6 is 0 Å². The molecule has 0 spiro atoms. The van der Waals surface area contributed by atoms with Crippen LogP contribution in [0.15, 0.2) is 41.3 Å². The number of aryl methyl sites for hydroxylation is 2. The Kier molecular flexibility index (Phi) is 3.68. The first-order chi connectivity index (χ1) is 11.2. The third-order valence-corrected chi connectivity index (χ3v) is 5.50. The number of fused-ring (bicyclic) bond motifs is 1. The predicted octanol–water partition coefficient (Wildman–Crippen LogP) is 2.33. The number of nitrogens with one attached hydrogen (secondary N) is 1. The third kappa shape index (κ3) is 2.46. The fraction of sp³-hybridized carbons (Fsp3) is 0.176. The highest BCUT2D eigenvalue weighted by atomic mass is 32.2. The molecule has 0 saturated heterocycles. The molecule has 0 unspecified atom stereocenters. The van der Waals surface area contributed by atoms with E-state index in [2.05, 4.69) is 4.72 Å². The van der Waals surface area contributed by atoms with Gasteiger partial charge in [-0.25, -0.2) is 8.42 Å². The van der Waals surface area contributed by atoms with Crippen LogP contribution in [-0.2, 0) is 10.0 Å². The lowest BCUT2D eigenvalue weighted by atomic mass is 10.1. The maximum Gasteiger partial charge on any atom is 0.263 e. The Morgan fingerprint density at radius 3 is 2.42 bits per heavy atom. The van der Waals surface area contributed by atoms with Crippen molar-refractivity contribution in [2.45, 2.75) is 18.7 Å². The Morgan fingerprint density at radius 1 is 1.00 bits per heavy atom. The summed E-state index contributed by atoms with van der Waals surface area (Å²) in [4.78, 5) is 25.4. The lowest BCUT2D eigenvalue weighted by molar-refractivity contribution is 0.0693. The number of anilines is 1. The SMILES string of the molecule is Cc1ccc(C)c(S(=O)(=O)Nc2cccc3c2C(=O)N(C)C3=O)c1. The fourth-order valence-electron chi connectivity index (χ4n) is 2.68. The van der Waals surface area contributed by atoms with Crippen LogP contribution in [0.5, 0.6) is 0 Å². The van der Waals surface area contributed by atoms with Crippen LogP contribution in [0.25, 0.3) is 0 Å². The highest BCUT2D eigenvalue weighted by molar-refractivity contribution is 7.92. The van der Waals surface area contributed by atoms with Gasteiger partial charge in [-0.2, -0.15) is 0 Å². The molecule has 1 N–H and O–H groups in total. The van der Waals surface area contributed by atoms with Gasteiger partial charge in [0.1, 0.15) is 0 Å². The lowest BCUT2D eigenvalue weighted by Crippen LogP contribution is -2.24. The summed E-state index contributed by atoms with van der Waals surface area (Å²) in [6, 6.07) is 9.65. The molecule has 0 fully saturated rings. The Balaban J connectivity index is 2.09. The first kappa shape index (κ1) is 16.2. The van der Waals surface area contributed by atoms with E-state index in [0.29, 0.717) is 5.56 Å². The van der Waals surface area contributed by atoms with Gasteiger partial charge < -0.3 is 0 Å². The molecule has 2 aromatic rings. The Labute approximate surface area is 140 Å². The molecule has 0 aromatic heterocycles. The van der Waals surface area contributed by atoms with Crippen molar-refractivity contribution >= 4 is 27.5 Å². The molecule has 1 aliphatic heterocycles. The predicted molar refractivity (Wildman–Crippen MR) is 89.6 cm³/mol. The molecular formula is C17H16N2O4S. The maximum absolute atomic E-state index is 12.7. The van der Waals surface area contributed by atoms with E-state index in [1.54, 1.807) is 32.0 Å². The summed E-state index contributed by atoms with van der Waals surface area (Å²) in [7, 11) is -2.51. The van der Waals surface area contributed by atoms with Crippen LogP contribution in [0.1, 0.15) is 31.8 Å². The van der Waals surface area contributed by atoms with E-state index in [1.165, 1.54) is 19.2 Å². The lowest BCUT2D eigenvalue weighted by Gasteiger charge is -2.13. The second-order valence-electron chi connectivity index (χ2n) is 5.77. The molecule has 0 aliphatic carbocycles. The van der Waals surface area contributed by atoms with E-state index >= 15 is 0 Å². The molecule has 124 valence electrons. The number of rotatable bonds is 3. The Morgan fingerprint density at radius 2 is 1.71 bits per heavy atom. The maximum atomic E-state index is 12.7. The molecule has 0 saturated carbocycles. The van der Waals surface area contributed by atoms with Gasteiger partial charge in [0.25, 0.3) is 21.8 Å². The second-order valence-corrected chi connectivity index (χ2v) is 7.42. The molecule has 1 aliphatic rings. The van der Waals surface area contributed by atoms with Crippen LogP contribution in [0.4, 0.5) is 5.69 Å². The molecule has 0 radical (unpaired) electrons. The average Bonchev–Trinajstić information content (AvgIpc) is 2.75. The van der Waals surface area contributed by atoms with Gasteiger partial charge in [0.05, 0.1) is 21.7 Å². The van der Waals surface area contributed by atoms with Crippen LogP contribution in [0, 0.1) is 13.8 Å². The van der Waals surface area contributed by atoms with Crippen LogP contribution in [0.2, 0.25) is 0 Å². The largest absolute Gasteiger partial charge is 0.279 e. The minimum absolute atomic E-state index is 0.0823. The van der Waals surface area contributed by atoms with E-state index in [0.717, 1.165) is 10.5 Å². The zero-order chi connectivity index (χ0) is 17.6. The normalized spacial score (nSPS) is 14.0. The van der Waals surface area contributed by atoms with E-state index < -0.39 is 21.8 Å². The van der Waals surface area contributed by atoms with Gasteiger partial charge in [0.15, 0.2) is 0 Å². The van der Waals surface area contributed by atoms with Crippen molar-refractivity contribution in [3.63, 3.8) is 0 Å². The first-order valence-corrected chi connectivity index (χ1v) is 8.76. The summed E-state index contributed by atoms with van der Waals surface area (Å²) in [5.74, 6) is -0.961. The van der Waals surface area contributed by atoms with Crippen molar-refractivity contribution in [3.8, 4) is 0 Å². The number of carbonyl (C=O) groups excluding carboxylic acids is 2. The van der Waals surface area contributed by atoms with Gasteiger partial charge in [-0.1, -0.05) is 18.2 Å². The quantitative estimate of drug-likeness (QED) is 0.866. The van der Waals surface area contributed by atoms with Gasteiger partial charge in [-0.15, -0.1) is 0 Å². The van der Waals surface area contributed by atoms with Gasteiger partial charge in [0, 0.05) is 7.05 Å². The summed E-state index contributed by atoms with van der Waals surface area (Å²) in [6.45, 7) is 3.50. The summed E-state index contributed by atoms with van der Waals surface area (Å²) < 4.78 is 27.9. The number of benzene rings is 2. The first-order valence-electron chi connectivity index (χ1n) is 7.28. The highest BCUT2D eigenvalue weighted by Crippen LogP contribution is 2.30. The second kappa shape index (κ2) is 5.45. The molecule has 3 rings (SSSR count). The fourth-order valence-corrected chi connectivity index (χ4v) is 4.09. The van der Waals surface area contributed by atoms with Crippen molar-refractivity contribution in [2.75, 3.05) is 11.8 Å². The number of carbonyl (C=O) groups is 2. The summed E-state index contributed by atoms with van der Waals surface area (Å²) >= 11 is 0. The number of imide groups is 1. The highest BCUT2D eigenvalue weighted by Gasteiger charge is 2.35. The molecule has 0 atom stereocenters. The van der Waals surface area contributed by atoms with E-state index in [1.807, 2.05) is 6.07 Å². The Hall–Kier alpha value is -2.67. The van der Waals surface area contributed by atoms with Crippen molar-refractivity contribution < 1.29 is 18.0 Å². The van der Waals surface area contributed by atoms with Gasteiger partial charge >= 0.3 is 0 Å². The summed E-state index contributed by atoms with van der Waals surface area (Å²) in [6.07, 6.45) is 0. The molecule has 2 amide bonds. The van der Waals surface area contributed by atoms with Crippen molar-refractivity contribution in [1.82, 2.24) is 4.90 Å². The van der Waals surface area contributed by atoms with Crippen LogP contribution in [-0.4, -0.2) is 32.2 Å². The third-order valence-electron chi connectivity index (χ3n) is 4.00. The van der Waals surface area contributed by atoms with Crippen molar-refractivity contribution in [2.24, 2.45) is 0 Å². The van der Waals surface area contributed by atoms with Gasteiger partial charge in [-0.05, 0) is 43.2 Å². The molecule has 0 bridgehead atoms. The van der Waals surface area contributed by atoms with Crippen LogP contribution < -0.4 is 4.72 Å². The molecule has 2 aromatic carbocycles.